The highest BCUT2D eigenvalue weighted by Gasteiger charge is 2.15. The highest BCUT2D eigenvalue weighted by Crippen LogP contribution is 2.35. The lowest BCUT2D eigenvalue weighted by atomic mass is 9.98. The van der Waals surface area contributed by atoms with E-state index in [-0.39, 0.29) is 5.38 Å². The molecule has 0 heterocycles. The molecule has 0 saturated heterocycles. The van der Waals surface area contributed by atoms with Crippen molar-refractivity contribution >= 4 is 11.6 Å². The van der Waals surface area contributed by atoms with Crippen molar-refractivity contribution in [2.45, 2.75) is 58.8 Å². The Labute approximate surface area is 134 Å². The van der Waals surface area contributed by atoms with Gasteiger partial charge in [0.15, 0.2) is 11.5 Å². The summed E-state index contributed by atoms with van der Waals surface area (Å²) in [4.78, 5) is 0. The van der Waals surface area contributed by atoms with Gasteiger partial charge in [0.1, 0.15) is 0 Å². The molecular formula is C18H29ClO2. The largest absolute Gasteiger partial charge is 0.490 e. The normalized spacial score (nSPS) is 13.8. The zero-order chi connectivity index (χ0) is 15.7. The van der Waals surface area contributed by atoms with Crippen LogP contribution in [0.25, 0.3) is 0 Å². The minimum Gasteiger partial charge on any atom is -0.490 e. The van der Waals surface area contributed by atoms with E-state index in [9.17, 15) is 0 Å². The van der Waals surface area contributed by atoms with Crippen LogP contribution in [-0.2, 0) is 0 Å². The molecule has 1 aromatic rings. The maximum Gasteiger partial charge on any atom is 0.161 e. The molecule has 0 amide bonds. The van der Waals surface area contributed by atoms with Crippen LogP contribution in [0.5, 0.6) is 11.5 Å². The molecule has 0 bridgehead atoms. The van der Waals surface area contributed by atoms with Crippen molar-refractivity contribution in [2.75, 3.05) is 13.2 Å². The fourth-order valence-electron chi connectivity index (χ4n) is 2.03. The highest BCUT2D eigenvalue weighted by atomic mass is 35.5. The summed E-state index contributed by atoms with van der Waals surface area (Å²) >= 11 is 6.55. The fraction of sp³-hybridized carbons (Fsp3) is 0.667. The van der Waals surface area contributed by atoms with Crippen molar-refractivity contribution < 1.29 is 9.47 Å². The second kappa shape index (κ2) is 9.94. The molecule has 0 saturated carbocycles. The third-order valence-corrected chi connectivity index (χ3v) is 3.99. The number of ether oxygens (including phenoxy) is 2. The summed E-state index contributed by atoms with van der Waals surface area (Å²) in [5, 5.41) is 0.0316. The average Bonchev–Trinajstić information content (AvgIpc) is 2.50. The van der Waals surface area contributed by atoms with E-state index in [1.807, 2.05) is 12.1 Å². The van der Waals surface area contributed by atoms with Crippen LogP contribution in [0.4, 0.5) is 0 Å². The van der Waals surface area contributed by atoms with Crippen molar-refractivity contribution in [1.29, 1.82) is 0 Å². The Kier molecular flexibility index (Phi) is 8.60. The number of halogens is 1. The Bertz CT molecular complexity index is 406. The Hall–Kier alpha value is -0.890. The van der Waals surface area contributed by atoms with E-state index in [1.54, 1.807) is 0 Å². The zero-order valence-corrected chi connectivity index (χ0v) is 14.6. The van der Waals surface area contributed by atoms with E-state index in [0.717, 1.165) is 42.7 Å². The highest BCUT2D eigenvalue weighted by molar-refractivity contribution is 6.20. The fourth-order valence-corrected chi connectivity index (χ4v) is 2.47. The van der Waals surface area contributed by atoms with Crippen molar-refractivity contribution in [3.05, 3.63) is 23.8 Å². The quantitative estimate of drug-likeness (QED) is 0.495. The Morgan fingerprint density at radius 1 is 1.00 bits per heavy atom. The minimum atomic E-state index is 0.0316. The van der Waals surface area contributed by atoms with Crippen molar-refractivity contribution in [1.82, 2.24) is 0 Å². The molecule has 21 heavy (non-hydrogen) atoms. The summed E-state index contributed by atoms with van der Waals surface area (Å²) in [6.07, 6.45) is 4.11. The molecule has 0 aromatic heterocycles. The van der Waals surface area contributed by atoms with E-state index < -0.39 is 0 Å². The molecule has 0 aliphatic rings. The molecule has 0 aliphatic carbocycles. The predicted molar refractivity (Wildman–Crippen MR) is 90.7 cm³/mol. The molecule has 2 atom stereocenters. The van der Waals surface area contributed by atoms with E-state index in [0.29, 0.717) is 19.1 Å². The van der Waals surface area contributed by atoms with Crippen LogP contribution in [0.3, 0.4) is 0 Å². The number of hydrogen-bond donors (Lipinski definition) is 0. The summed E-state index contributed by atoms with van der Waals surface area (Å²) in [6, 6.07) is 6.09. The molecule has 2 nitrogen and oxygen atoms in total. The van der Waals surface area contributed by atoms with Crippen molar-refractivity contribution in [3.63, 3.8) is 0 Å². The Morgan fingerprint density at radius 2 is 1.62 bits per heavy atom. The standard InChI is InChI=1S/C18H29ClO2/c1-5-10-20-17-9-8-15(13-18(17)21-11-6-2)16(19)12-14(4)7-3/h8-9,13-14,16H,5-7,10-12H2,1-4H3. The summed E-state index contributed by atoms with van der Waals surface area (Å²) < 4.78 is 11.6. The lowest BCUT2D eigenvalue weighted by molar-refractivity contribution is 0.268. The minimum absolute atomic E-state index is 0.0316. The van der Waals surface area contributed by atoms with Crippen LogP contribution in [0.15, 0.2) is 18.2 Å². The average molecular weight is 313 g/mol. The van der Waals surface area contributed by atoms with E-state index in [2.05, 4.69) is 33.8 Å². The SMILES string of the molecule is CCCOc1ccc(C(Cl)CC(C)CC)cc1OCCC. The molecule has 2 unspecified atom stereocenters. The second-order valence-corrected chi connectivity index (χ2v) is 6.15. The maximum atomic E-state index is 6.55. The van der Waals surface area contributed by atoms with Crippen LogP contribution >= 0.6 is 11.6 Å². The van der Waals surface area contributed by atoms with Gasteiger partial charge in [0.05, 0.1) is 18.6 Å². The second-order valence-electron chi connectivity index (χ2n) is 5.62. The Balaban J connectivity index is 2.86. The number of benzene rings is 1. The lowest BCUT2D eigenvalue weighted by Gasteiger charge is -2.17. The lowest BCUT2D eigenvalue weighted by Crippen LogP contribution is -2.03. The molecule has 1 rings (SSSR count). The molecule has 0 radical (unpaired) electrons. The van der Waals surface area contributed by atoms with Gasteiger partial charge in [-0.05, 0) is 42.9 Å². The number of rotatable bonds is 10. The third-order valence-electron chi connectivity index (χ3n) is 3.56. The molecule has 0 aliphatic heterocycles. The molecule has 0 spiro atoms. The van der Waals surface area contributed by atoms with Gasteiger partial charge in [-0.25, -0.2) is 0 Å². The number of hydrogen-bond acceptors (Lipinski definition) is 2. The summed E-state index contributed by atoms with van der Waals surface area (Å²) in [5.41, 5.74) is 1.12. The van der Waals surface area contributed by atoms with Gasteiger partial charge in [-0.15, -0.1) is 11.6 Å². The van der Waals surface area contributed by atoms with E-state index in [1.165, 1.54) is 0 Å². The zero-order valence-electron chi connectivity index (χ0n) is 13.8. The molecule has 0 fully saturated rings. The topological polar surface area (TPSA) is 18.5 Å². The molecule has 3 heteroatoms. The van der Waals surface area contributed by atoms with E-state index >= 15 is 0 Å². The van der Waals surface area contributed by atoms with Crippen LogP contribution < -0.4 is 9.47 Å². The van der Waals surface area contributed by atoms with Crippen LogP contribution in [0.1, 0.15) is 64.3 Å². The van der Waals surface area contributed by atoms with Gasteiger partial charge in [0, 0.05) is 0 Å². The Morgan fingerprint density at radius 3 is 2.19 bits per heavy atom. The van der Waals surface area contributed by atoms with Crippen LogP contribution in [0, 0.1) is 5.92 Å². The first kappa shape index (κ1) is 18.2. The maximum absolute atomic E-state index is 6.55. The van der Waals surface area contributed by atoms with Gasteiger partial charge in [0.2, 0.25) is 0 Å². The van der Waals surface area contributed by atoms with Gasteiger partial charge >= 0.3 is 0 Å². The third kappa shape index (κ3) is 6.17. The van der Waals surface area contributed by atoms with Crippen molar-refractivity contribution in [3.8, 4) is 11.5 Å². The first-order chi connectivity index (χ1) is 10.1. The molecule has 120 valence electrons. The monoisotopic (exact) mass is 312 g/mol. The van der Waals surface area contributed by atoms with Gasteiger partial charge < -0.3 is 9.47 Å². The summed E-state index contributed by atoms with van der Waals surface area (Å²) in [7, 11) is 0. The van der Waals surface area contributed by atoms with Crippen LogP contribution in [-0.4, -0.2) is 13.2 Å². The van der Waals surface area contributed by atoms with Gasteiger partial charge in [-0.2, -0.15) is 0 Å². The molecule has 1 aromatic carbocycles. The summed E-state index contributed by atoms with van der Waals surface area (Å²) in [6.45, 7) is 10.0. The van der Waals surface area contributed by atoms with Crippen molar-refractivity contribution in [2.24, 2.45) is 5.92 Å². The number of alkyl halides is 1. The molecule has 0 N–H and O–H groups in total. The summed E-state index contributed by atoms with van der Waals surface area (Å²) in [5.74, 6) is 2.27. The van der Waals surface area contributed by atoms with E-state index in [4.69, 9.17) is 21.1 Å². The predicted octanol–water partition coefficient (Wildman–Crippen LogP) is 5.98. The van der Waals surface area contributed by atoms with Crippen LogP contribution in [0.2, 0.25) is 0 Å². The first-order valence-corrected chi connectivity index (χ1v) is 8.59. The van der Waals surface area contributed by atoms with Gasteiger partial charge in [-0.1, -0.05) is 40.2 Å². The smallest absolute Gasteiger partial charge is 0.161 e. The molecular weight excluding hydrogens is 284 g/mol. The van der Waals surface area contributed by atoms with Gasteiger partial charge in [-0.3, -0.25) is 0 Å². The van der Waals surface area contributed by atoms with Gasteiger partial charge in [0.25, 0.3) is 0 Å². The first-order valence-electron chi connectivity index (χ1n) is 8.15.